The highest BCUT2D eigenvalue weighted by Crippen LogP contribution is 2.44. The number of hydrogen-bond acceptors (Lipinski definition) is 3. The number of aliphatic hydroxyl groups is 1. The van der Waals surface area contributed by atoms with E-state index >= 15 is 0 Å². The Labute approximate surface area is 120 Å². The molecule has 2 aliphatic carbocycles. The van der Waals surface area contributed by atoms with Crippen LogP contribution in [-0.4, -0.2) is 19.6 Å². The normalized spacial score (nSPS) is 28.9. The lowest BCUT2D eigenvalue weighted by atomic mass is 9.96. The van der Waals surface area contributed by atoms with E-state index in [0.717, 1.165) is 23.5 Å². The maximum Gasteiger partial charge on any atom is 0.216 e. The zero-order chi connectivity index (χ0) is 14.2. The molecule has 3 rings (SSSR count). The Hall–Kier alpha value is -0.910. The molecule has 2 saturated carbocycles. The van der Waals surface area contributed by atoms with Crippen molar-refractivity contribution in [3.05, 3.63) is 35.4 Å². The quantitative estimate of drug-likeness (QED) is 0.870. The topological polar surface area (TPSA) is 66.4 Å². The third-order valence-corrected chi connectivity index (χ3v) is 6.01. The number of fused-ring (bicyclic) bond motifs is 2. The zero-order valence-electron chi connectivity index (χ0n) is 11.5. The van der Waals surface area contributed by atoms with Gasteiger partial charge in [-0.15, -0.1) is 0 Å². The summed E-state index contributed by atoms with van der Waals surface area (Å²) in [6, 6.07) is 7.22. The van der Waals surface area contributed by atoms with E-state index < -0.39 is 10.0 Å². The van der Waals surface area contributed by atoms with E-state index in [2.05, 4.69) is 4.72 Å². The van der Waals surface area contributed by atoms with Crippen LogP contribution in [0.4, 0.5) is 0 Å². The molecule has 110 valence electrons. The van der Waals surface area contributed by atoms with E-state index in [1.165, 1.54) is 19.3 Å². The molecule has 2 aliphatic rings. The Morgan fingerprint density at radius 3 is 2.35 bits per heavy atom. The summed E-state index contributed by atoms with van der Waals surface area (Å²) in [6.07, 6.45) is 4.64. The molecule has 0 saturated heterocycles. The van der Waals surface area contributed by atoms with Crippen LogP contribution in [0, 0.1) is 11.8 Å². The predicted molar refractivity (Wildman–Crippen MR) is 77.4 cm³/mol. The molecular weight excluding hydrogens is 274 g/mol. The molecule has 5 heteroatoms. The minimum atomic E-state index is -3.27. The molecule has 20 heavy (non-hydrogen) atoms. The SMILES string of the molecule is O=S(=O)(Cc1ccc(CO)cc1)NC1CC2CCC1C2. The summed E-state index contributed by atoms with van der Waals surface area (Å²) in [6.45, 7) is -0.0174. The molecular formula is C15H21NO3S. The number of nitrogens with one attached hydrogen (secondary N) is 1. The first-order valence-electron chi connectivity index (χ1n) is 7.24. The average Bonchev–Trinajstić information content (AvgIpc) is 3.01. The van der Waals surface area contributed by atoms with Crippen LogP contribution in [0.2, 0.25) is 0 Å². The molecule has 0 amide bonds. The van der Waals surface area contributed by atoms with Crippen LogP contribution in [0.15, 0.2) is 24.3 Å². The smallest absolute Gasteiger partial charge is 0.216 e. The van der Waals surface area contributed by atoms with Gasteiger partial charge in [0.2, 0.25) is 10.0 Å². The molecule has 4 nitrogen and oxygen atoms in total. The highest BCUT2D eigenvalue weighted by atomic mass is 32.2. The minimum Gasteiger partial charge on any atom is -0.392 e. The second-order valence-electron chi connectivity index (χ2n) is 6.13. The second-order valence-corrected chi connectivity index (χ2v) is 7.89. The van der Waals surface area contributed by atoms with Gasteiger partial charge in [-0.2, -0.15) is 0 Å². The first kappa shape index (κ1) is 14.0. The highest BCUT2D eigenvalue weighted by molar-refractivity contribution is 7.88. The molecule has 0 heterocycles. The monoisotopic (exact) mass is 295 g/mol. The fourth-order valence-corrected chi connectivity index (χ4v) is 5.09. The number of benzene rings is 1. The molecule has 2 fully saturated rings. The lowest BCUT2D eigenvalue weighted by Gasteiger charge is -2.22. The summed E-state index contributed by atoms with van der Waals surface area (Å²) in [5, 5.41) is 8.98. The van der Waals surface area contributed by atoms with Crippen molar-refractivity contribution in [1.82, 2.24) is 4.72 Å². The molecule has 1 aromatic carbocycles. The molecule has 2 N–H and O–H groups in total. The molecule has 3 unspecified atom stereocenters. The maximum absolute atomic E-state index is 12.2. The van der Waals surface area contributed by atoms with Crippen LogP contribution in [-0.2, 0) is 22.4 Å². The predicted octanol–water partition coefficient (Wildman–Crippen LogP) is 1.79. The van der Waals surface area contributed by atoms with Gasteiger partial charge in [0.15, 0.2) is 0 Å². The van der Waals surface area contributed by atoms with Gasteiger partial charge in [-0.1, -0.05) is 30.7 Å². The third kappa shape index (κ3) is 3.05. The molecule has 3 atom stereocenters. The molecule has 2 bridgehead atoms. The maximum atomic E-state index is 12.2. The van der Waals surface area contributed by atoms with E-state index in [0.29, 0.717) is 5.92 Å². The fourth-order valence-electron chi connectivity index (χ4n) is 3.62. The highest BCUT2D eigenvalue weighted by Gasteiger charge is 2.40. The Kier molecular flexibility index (Phi) is 3.84. The Balaban J connectivity index is 1.63. The van der Waals surface area contributed by atoms with Gasteiger partial charge < -0.3 is 5.11 Å². The molecule has 0 spiro atoms. The van der Waals surface area contributed by atoms with E-state index in [4.69, 9.17) is 5.11 Å². The van der Waals surface area contributed by atoms with Crippen LogP contribution in [0.5, 0.6) is 0 Å². The number of hydrogen-bond donors (Lipinski definition) is 2. The van der Waals surface area contributed by atoms with Crippen molar-refractivity contribution in [2.45, 2.75) is 44.1 Å². The fraction of sp³-hybridized carbons (Fsp3) is 0.600. The zero-order valence-corrected chi connectivity index (χ0v) is 12.3. The minimum absolute atomic E-state index is 0.0174. The first-order valence-corrected chi connectivity index (χ1v) is 8.89. The Morgan fingerprint density at radius 2 is 1.80 bits per heavy atom. The second kappa shape index (κ2) is 5.47. The van der Waals surface area contributed by atoms with Crippen molar-refractivity contribution in [2.75, 3.05) is 0 Å². The van der Waals surface area contributed by atoms with Gasteiger partial charge in [0.1, 0.15) is 0 Å². The van der Waals surface area contributed by atoms with Crippen molar-refractivity contribution in [2.24, 2.45) is 11.8 Å². The number of sulfonamides is 1. The van der Waals surface area contributed by atoms with E-state index in [9.17, 15) is 8.42 Å². The van der Waals surface area contributed by atoms with Gasteiger partial charge in [0, 0.05) is 6.04 Å². The van der Waals surface area contributed by atoms with E-state index in [-0.39, 0.29) is 18.4 Å². The summed E-state index contributed by atoms with van der Waals surface area (Å²) in [7, 11) is -3.27. The summed E-state index contributed by atoms with van der Waals surface area (Å²) >= 11 is 0. The molecule has 1 aromatic rings. The van der Waals surface area contributed by atoms with Crippen molar-refractivity contribution in [3.8, 4) is 0 Å². The Morgan fingerprint density at radius 1 is 1.10 bits per heavy atom. The lowest BCUT2D eigenvalue weighted by molar-refractivity contribution is 0.282. The molecule has 0 aromatic heterocycles. The summed E-state index contributed by atoms with van der Waals surface area (Å²) < 4.78 is 27.3. The van der Waals surface area contributed by atoms with Gasteiger partial charge in [-0.25, -0.2) is 13.1 Å². The first-order chi connectivity index (χ1) is 9.55. The van der Waals surface area contributed by atoms with Crippen molar-refractivity contribution < 1.29 is 13.5 Å². The van der Waals surface area contributed by atoms with E-state index in [1.807, 2.05) is 0 Å². The van der Waals surface area contributed by atoms with Crippen molar-refractivity contribution in [1.29, 1.82) is 0 Å². The van der Waals surface area contributed by atoms with Gasteiger partial charge in [-0.05, 0) is 42.2 Å². The van der Waals surface area contributed by atoms with Crippen LogP contribution in [0.25, 0.3) is 0 Å². The average molecular weight is 295 g/mol. The van der Waals surface area contributed by atoms with Crippen molar-refractivity contribution in [3.63, 3.8) is 0 Å². The number of aliphatic hydroxyl groups excluding tert-OH is 1. The van der Waals surface area contributed by atoms with Crippen LogP contribution in [0.1, 0.15) is 36.8 Å². The van der Waals surface area contributed by atoms with Gasteiger partial charge >= 0.3 is 0 Å². The standard InChI is InChI=1S/C15H21NO3S/c17-9-11-1-3-12(4-2-11)10-20(18,19)16-15-8-13-5-6-14(15)7-13/h1-4,13-17H,5-10H2. The molecule has 0 aliphatic heterocycles. The third-order valence-electron chi connectivity index (χ3n) is 4.63. The van der Waals surface area contributed by atoms with Crippen molar-refractivity contribution >= 4 is 10.0 Å². The van der Waals surface area contributed by atoms with Crippen LogP contribution in [0.3, 0.4) is 0 Å². The largest absolute Gasteiger partial charge is 0.392 e. The van der Waals surface area contributed by atoms with E-state index in [1.54, 1.807) is 24.3 Å². The summed E-state index contributed by atoms with van der Waals surface area (Å²) in [5.41, 5.74) is 1.56. The Bertz CT molecular complexity index is 567. The summed E-state index contributed by atoms with van der Waals surface area (Å²) in [4.78, 5) is 0. The number of rotatable bonds is 5. The van der Waals surface area contributed by atoms with Gasteiger partial charge in [0.25, 0.3) is 0 Å². The van der Waals surface area contributed by atoms with Gasteiger partial charge in [0.05, 0.1) is 12.4 Å². The van der Waals surface area contributed by atoms with Crippen LogP contribution >= 0.6 is 0 Å². The van der Waals surface area contributed by atoms with Crippen LogP contribution < -0.4 is 4.72 Å². The molecule has 0 radical (unpaired) electrons. The van der Waals surface area contributed by atoms with Gasteiger partial charge in [-0.3, -0.25) is 0 Å². The lowest BCUT2D eigenvalue weighted by Crippen LogP contribution is -2.39. The summed E-state index contributed by atoms with van der Waals surface area (Å²) in [5.74, 6) is 1.30.